The largest absolute Gasteiger partial charge is 0.366 e. The van der Waals surface area contributed by atoms with Gasteiger partial charge in [-0.1, -0.05) is 6.92 Å². The van der Waals surface area contributed by atoms with Crippen LogP contribution in [-0.2, 0) is 10.0 Å². The van der Waals surface area contributed by atoms with Crippen LogP contribution in [0.15, 0.2) is 29.2 Å². The summed E-state index contributed by atoms with van der Waals surface area (Å²) < 4.78 is 26.8. The Balaban J connectivity index is 2.29. The molecule has 0 atom stereocenters. The molecule has 0 unspecified atom stereocenters. The summed E-state index contributed by atoms with van der Waals surface area (Å²) in [6, 6.07) is 5.77. The van der Waals surface area contributed by atoms with Crippen LogP contribution >= 0.6 is 0 Å². The molecule has 1 aromatic rings. The minimum Gasteiger partial charge on any atom is -0.366 e. The van der Waals surface area contributed by atoms with E-state index in [1.165, 1.54) is 28.6 Å². The summed E-state index contributed by atoms with van der Waals surface area (Å²) in [7, 11) is -3.52. The van der Waals surface area contributed by atoms with Crippen molar-refractivity contribution in [2.75, 3.05) is 19.6 Å². The van der Waals surface area contributed by atoms with Crippen molar-refractivity contribution in [1.29, 1.82) is 0 Å². The van der Waals surface area contributed by atoms with E-state index in [1.54, 1.807) is 0 Å². The van der Waals surface area contributed by atoms with Crippen molar-refractivity contribution < 1.29 is 13.2 Å². The van der Waals surface area contributed by atoms with Crippen LogP contribution in [0, 0.1) is 0 Å². The first-order chi connectivity index (χ1) is 9.46. The lowest BCUT2D eigenvalue weighted by Gasteiger charge is -2.37. The van der Waals surface area contributed by atoms with Gasteiger partial charge in [0.05, 0.1) is 10.9 Å². The maximum atomic E-state index is 12.6. The van der Waals surface area contributed by atoms with E-state index in [9.17, 15) is 13.2 Å². The number of carbonyl (C=O) groups is 1. The molecule has 1 aromatic carbocycles. The highest BCUT2D eigenvalue weighted by molar-refractivity contribution is 7.89. The fourth-order valence-electron chi connectivity index (χ4n) is 2.12. The molecule has 110 valence electrons. The molecule has 1 aliphatic heterocycles. The number of carbonyl (C=O) groups excluding carboxylic acids is 1. The molecule has 0 aromatic heterocycles. The van der Waals surface area contributed by atoms with Crippen molar-refractivity contribution in [2.45, 2.75) is 24.3 Å². The van der Waals surface area contributed by atoms with Gasteiger partial charge in [0.15, 0.2) is 0 Å². The van der Waals surface area contributed by atoms with E-state index in [4.69, 9.17) is 5.73 Å². The minimum atomic E-state index is -3.52. The molecule has 3 N–H and O–H groups in total. The second-order valence-corrected chi connectivity index (χ2v) is 6.71. The zero-order valence-corrected chi connectivity index (χ0v) is 12.2. The summed E-state index contributed by atoms with van der Waals surface area (Å²) in [5, 5.41) is 3.08. The molecule has 0 saturated carbocycles. The minimum absolute atomic E-state index is 0.00997. The Labute approximate surface area is 119 Å². The smallest absolute Gasteiger partial charge is 0.248 e. The highest BCUT2D eigenvalue weighted by Gasteiger charge is 2.34. The number of nitrogens with zero attached hydrogens (tertiary/aromatic N) is 1. The van der Waals surface area contributed by atoms with Crippen molar-refractivity contribution in [1.82, 2.24) is 9.62 Å². The summed E-state index contributed by atoms with van der Waals surface area (Å²) in [5.74, 6) is -0.567. The maximum absolute atomic E-state index is 12.6. The molecule has 0 radical (unpaired) electrons. The average Bonchev–Trinajstić information content (AvgIpc) is 2.36. The van der Waals surface area contributed by atoms with Gasteiger partial charge in [0.1, 0.15) is 0 Å². The number of amides is 1. The standard InChI is InChI=1S/C13H19N3O3S/c1-2-7-16(11-8-15-9-11)20(18,19)12-5-3-10(4-6-12)13(14)17/h3-6,11,15H,2,7-9H2,1H3,(H2,14,17). The fourth-order valence-corrected chi connectivity index (χ4v) is 3.84. The van der Waals surface area contributed by atoms with Gasteiger partial charge in [-0.25, -0.2) is 8.42 Å². The van der Waals surface area contributed by atoms with E-state index in [0.717, 1.165) is 6.42 Å². The lowest BCUT2D eigenvalue weighted by atomic mass is 10.2. The molecule has 1 amide bonds. The van der Waals surface area contributed by atoms with E-state index in [0.29, 0.717) is 25.2 Å². The van der Waals surface area contributed by atoms with Crippen LogP contribution in [0.2, 0.25) is 0 Å². The van der Waals surface area contributed by atoms with Gasteiger partial charge in [-0.2, -0.15) is 4.31 Å². The highest BCUT2D eigenvalue weighted by atomic mass is 32.2. The normalized spacial score (nSPS) is 16.1. The second kappa shape index (κ2) is 5.90. The van der Waals surface area contributed by atoms with E-state index >= 15 is 0 Å². The first-order valence-corrected chi connectivity index (χ1v) is 8.03. The van der Waals surface area contributed by atoms with Gasteiger partial charge < -0.3 is 11.1 Å². The number of nitrogens with two attached hydrogens (primary N) is 1. The van der Waals surface area contributed by atoms with Gasteiger partial charge in [-0.3, -0.25) is 4.79 Å². The second-order valence-electron chi connectivity index (χ2n) is 4.82. The van der Waals surface area contributed by atoms with Crippen LogP contribution < -0.4 is 11.1 Å². The summed E-state index contributed by atoms with van der Waals surface area (Å²) in [4.78, 5) is 11.2. The van der Waals surface area contributed by atoms with Crippen LogP contribution in [-0.4, -0.2) is 44.3 Å². The molecule has 1 aliphatic rings. The van der Waals surface area contributed by atoms with Gasteiger partial charge in [-0.05, 0) is 30.7 Å². The molecule has 7 heteroatoms. The molecule has 20 heavy (non-hydrogen) atoms. The zero-order chi connectivity index (χ0) is 14.8. The Bertz CT molecular complexity index is 579. The van der Waals surface area contributed by atoms with Gasteiger partial charge in [-0.15, -0.1) is 0 Å². The topological polar surface area (TPSA) is 92.5 Å². The number of benzene rings is 1. The first-order valence-electron chi connectivity index (χ1n) is 6.59. The molecule has 1 fully saturated rings. The molecule has 6 nitrogen and oxygen atoms in total. The van der Waals surface area contributed by atoms with Gasteiger partial charge in [0, 0.05) is 25.2 Å². The quantitative estimate of drug-likeness (QED) is 0.782. The van der Waals surface area contributed by atoms with Crippen molar-refractivity contribution in [3.05, 3.63) is 29.8 Å². The summed E-state index contributed by atoms with van der Waals surface area (Å²) in [5.41, 5.74) is 5.45. The first kappa shape index (κ1) is 15.0. The number of hydrogen-bond acceptors (Lipinski definition) is 4. The van der Waals surface area contributed by atoms with E-state index in [1.807, 2.05) is 6.92 Å². The van der Waals surface area contributed by atoms with Gasteiger partial charge in [0.2, 0.25) is 15.9 Å². The molecular formula is C13H19N3O3S. The maximum Gasteiger partial charge on any atom is 0.248 e. The predicted molar refractivity (Wildman–Crippen MR) is 75.8 cm³/mol. The summed E-state index contributed by atoms with van der Waals surface area (Å²) in [6.45, 7) is 3.80. The molecular weight excluding hydrogens is 278 g/mol. The number of hydrogen-bond donors (Lipinski definition) is 2. The molecule has 2 rings (SSSR count). The highest BCUT2D eigenvalue weighted by Crippen LogP contribution is 2.20. The van der Waals surface area contributed by atoms with Crippen molar-refractivity contribution in [3.8, 4) is 0 Å². The fraction of sp³-hybridized carbons (Fsp3) is 0.462. The number of primary amides is 1. The SMILES string of the molecule is CCCN(C1CNC1)S(=O)(=O)c1ccc(C(N)=O)cc1. The van der Waals surface area contributed by atoms with Crippen LogP contribution in [0.25, 0.3) is 0 Å². The third kappa shape index (κ3) is 2.84. The van der Waals surface area contributed by atoms with Crippen LogP contribution in [0.5, 0.6) is 0 Å². The molecule has 0 bridgehead atoms. The Morgan fingerprint density at radius 2 is 1.95 bits per heavy atom. The third-order valence-electron chi connectivity index (χ3n) is 3.36. The molecule has 1 heterocycles. The van der Waals surface area contributed by atoms with Crippen molar-refractivity contribution in [3.63, 3.8) is 0 Å². The van der Waals surface area contributed by atoms with Gasteiger partial charge in [0.25, 0.3) is 0 Å². The van der Waals surface area contributed by atoms with E-state index in [-0.39, 0.29) is 10.9 Å². The summed E-state index contributed by atoms with van der Waals surface area (Å²) >= 11 is 0. The Morgan fingerprint density at radius 3 is 2.35 bits per heavy atom. The lowest BCUT2D eigenvalue weighted by molar-refractivity contribution is 0.1000. The number of nitrogens with one attached hydrogen (secondary N) is 1. The average molecular weight is 297 g/mol. The van der Waals surface area contributed by atoms with Crippen molar-refractivity contribution >= 4 is 15.9 Å². The molecule has 0 spiro atoms. The Morgan fingerprint density at radius 1 is 1.35 bits per heavy atom. The Kier molecular flexibility index (Phi) is 4.42. The lowest BCUT2D eigenvalue weighted by Crippen LogP contribution is -2.58. The number of sulfonamides is 1. The van der Waals surface area contributed by atoms with E-state index < -0.39 is 15.9 Å². The molecule has 1 saturated heterocycles. The van der Waals surface area contributed by atoms with Crippen LogP contribution in [0.3, 0.4) is 0 Å². The number of rotatable bonds is 6. The molecule has 0 aliphatic carbocycles. The Hall–Kier alpha value is -1.44. The predicted octanol–water partition coefficient (Wildman–Crippen LogP) is 0.158. The van der Waals surface area contributed by atoms with Crippen LogP contribution in [0.1, 0.15) is 23.7 Å². The van der Waals surface area contributed by atoms with Crippen LogP contribution in [0.4, 0.5) is 0 Å². The van der Waals surface area contributed by atoms with Crippen molar-refractivity contribution in [2.24, 2.45) is 5.73 Å². The summed E-state index contributed by atoms with van der Waals surface area (Å²) in [6.07, 6.45) is 0.759. The monoisotopic (exact) mass is 297 g/mol. The van der Waals surface area contributed by atoms with E-state index in [2.05, 4.69) is 5.32 Å². The zero-order valence-electron chi connectivity index (χ0n) is 11.4. The van der Waals surface area contributed by atoms with Gasteiger partial charge >= 0.3 is 0 Å². The third-order valence-corrected chi connectivity index (χ3v) is 5.32.